The number of hydrogen-bond donors (Lipinski definition) is 1. The second kappa shape index (κ2) is 9.65. The van der Waals surface area contributed by atoms with Crippen molar-refractivity contribution in [3.05, 3.63) is 72.3 Å². The summed E-state index contributed by atoms with van der Waals surface area (Å²) in [5.74, 6) is 0.886. The number of hydrogen-bond acceptors (Lipinski definition) is 8. The van der Waals surface area contributed by atoms with Crippen LogP contribution in [0.4, 0.5) is 5.82 Å². The molecule has 3 heterocycles. The lowest BCUT2D eigenvalue weighted by molar-refractivity contribution is -0.116. The van der Waals surface area contributed by atoms with Crippen molar-refractivity contribution in [2.75, 3.05) is 6.54 Å². The van der Waals surface area contributed by atoms with Crippen LogP contribution in [0.15, 0.2) is 71.4 Å². The van der Waals surface area contributed by atoms with Gasteiger partial charge in [-0.2, -0.15) is 14.9 Å². The number of fused-ring (bicyclic) bond motifs is 1. The van der Waals surface area contributed by atoms with Crippen LogP contribution in [0.2, 0.25) is 0 Å². The first kappa shape index (κ1) is 20.9. The quantitative estimate of drug-likeness (QED) is 0.429. The molecular formula is C22H20N8O2. The van der Waals surface area contributed by atoms with Gasteiger partial charge >= 0.3 is 0 Å². The zero-order valence-electron chi connectivity index (χ0n) is 17.3. The molecule has 4 aromatic rings. The fourth-order valence-electron chi connectivity index (χ4n) is 2.96. The van der Waals surface area contributed by atoms with Crippen molar-refractivity contribution in [2.24, 2.45) is 10.2 Å². The summed E-state index contributed by atoms with van der Waals surface area (Å²) in [5, 5.41) is 16.2. The van der Waals surface area contributed by atoms with E-state index in [0.717, 1.165) is 5.56 Å². The standard InChI is InChI=1S/C22H20N8O2/c1-15(31)9-11-24-22(32)17-7-5-16(6-8-17)12-27-29-20-18-13-28-30(21(18)26-14-25-20)19-4-2-3-10-23-19/h2-8,10,13-14H,9,11-12H2,1H3,(H,24,32). The predicted molar refractivity (Wildman–Crippen MR) is 117 cm³/mol. The minimum absolute atomic E-state index is 0.0380. The van der Waals surface area contributed by atoms with Gasteiger partial charge in [0.05, 0.1) is 18.1 Å². The molecule has 0 saturated carbocycles. The molecule has 10 heteroatoms. The van der Waals surface area contributed by atoms with Crippen LogP contribution in [0.5, 0.6) is 0 Å². The van der Waals surface area contributed by atoms with Crippen LogP contribution in [0.1, 0.15) is 29.3 Å². The van der Waals surface area contributed by atoms with Gasteiger partial charge in [-0.05, 0) is 36.8 Å². The molecule has 4 rings (SSSR count). The molecule has 1 amide bonds. The fraction of sp³-hybridized carbons (Fsp3) is 0.182. The van der Waals surface area contributed by atoms with E-state index in [-0.39, 0.29) is 11.7 Å². The Morgan fingerprint density at radius 2 is 1.91 bits per heavy atom. The van der Waals surface area contributed by atoms with Crippen LogP contribution in [0.3, 0.4) is 0 Å². The highest BCUT2D eigenvalue weighted by atomic mass is 16.1. The number of nitrogens with one attached hydrogen (secondary N) is 1. The monoisotopic (exact) mass is 428 g/mol. The molecule has 3 aromatic heterocycles. The Labute approximate surface area is 183 Å². The fourth-order valence-corrected chi connectivity index (χ4v) is 2.96. The molecule has 0 bridgehead atoms. The van der Waals surface area contributed by atoms with Crippen molar-refractivity contribution >= 4 is 28.5 Å². The van der Waals surface area contributed by atoms with E-state index in [2.05, 4.69) is 35.6 Å². The van der Waals surface area contributed by atoms with E-state index in [1.54, 1.807) is 29.2 Å². The summed E-state index contributed by atoms with van der Waals surface area (Å²) in [6, 6.07) is 12.6. The Balaban J connectivity index is 1.42. The molecular weight excluding hydrogens is 408 g/mol. The summed E-state index contributed by atoms with van der Waals surface area (Å²) in [7, 11) is 0. The van der Waals surface area contributed by atoms with Crippen molar-refractivity contribution in [3.8, 4) is 5.82 Å². The molecule has 1 aromatic carbocycles. The Hall–Kier alpha value is -4.34. The zero-order valence-corrected chi connectivity index (χ0v) is 17.3. The summed E-state index contributed by atoms with van der Waals surface area (Å²) in [5.41, 5.74) is 2.00. The van der Waals surface area contributed by atoms with Crippen LogP contribution in [0, 0.1) is 0 Å². The van der Waals surface area contributed by atoms with Gasteiger partial charge in [0.15, 0.2) is 17.3 Å². The Bertz CT molecular complexity index is 1270. The smallest absolute Gasteiger partial charge is 0.251 e. The molecule has 0 fully saturated rings. The molecule has 0 aliphatic carbocycles. The molecule has 160 valence electrons. The summed E-state index contributed by atoms with van der Waals surface area (Å²) in [6.07, 6.45) is 5.06. The molecule has 32 heavy (non-hydrogen) atoms. The van der Waals surface area contributed by atoms with Gasteiger partial charge in [0.1, 0.15) is 12.1 Å². The van der Waals surface area contributed by atoms with Gasteiger partial charge < -0.3 is 5.32 Å². The predicted octanol–water partition coefficient (Wildman–Crippen LogP) is 3.20. The van der Waals surface area contributed by atoms with E-state index in [0.29, 0.717) is 47.7 Å². The second-order valence-electron chi connectivity index (χ2n) is 6.98. The lowest BCUT2D eigenvalue weighted by atomic mass is 10.1. The molecule has 0 spiro atoms. The Kier molecular flexibility index (Phi) is 6.30. The van der Waals surface area contributed by atoms with Crippen LogP contribution in [-0.4, -0.2) is 43.0 Å². The third-order valence-electron chi connectivity index (χ3n) is 4.61. The third-order valence-corrected chi connectivity index (χ3v) is 4.61. The maximum atomic E-state index is 12.1. The molecule has 0 saturated heterocycles. The molecule has 1 N–H and O–H groups in total. The molecule has 0 radical (unpaired) electrons. The number of nitrogens with zero attached hydrogens (tertiary/aromatic N) is 7. The Morgan fingerprint density at radius 1 is 1.06 bits per heavy atom. The second-order valence-corrected chi connectivity index (χ2v) is 6.98. The highest BCUT2D eigenvalue weighted by molar-refractivity contribution is 5.94. The average molecular weight is 428 g/mol. The molecule has 0 unspecified atom stereocenters. The van der Waals surface area contributed by atoms with Gasteiger partial charge in [0, 0.05) is 24.7 Å². The van der Waals surface area contributed by atoms with Gasteiger partial charge in [-0.3, -0.25) is 9.59 Å². The number of azo groups is 1. The Morgan fingerprint density at radius 3 is 2.66 bits per heavy atom. The van der Waals surface area contributed by atoms with Crippen molar-refractivity contribution in [1.82, 2.24) is 30.0 Å². The van der Waals surface area contributed by atoms with Crippen LogP contribution in [0.25, 0.3) is 16.9 Å². The van der Waals surface area contributed by atoms with Crippen LogP contribution in [-0.2, 0) is 11.3 Å². The summed E-state index contributed by atoms with van der Waals surface area (Å²) < 4.78 is 1.62. The molecule has 0 aliphatic rings. The van der Waals surface area contributed by atoms with Crippen molar-refractivity contribution in [2.45, 2.75) is 19.9 Å². The maximum Gasteiger partial charge on any atom is 0.251 e. The zero-order chi connectivity index (χ0) is 22.3. The number of ketones is 1. The maximum absolute atomic E-state index is 12.1. The number of pyridine rings is 1. The SMILES string of the molecule is CC(=O)CCNC(=O)c1ccc(CN=Nc2ncnc3c2cnn3-c2ccccn2)cc1. The number of carbonyl (C=O) groups is 2. The minimum Gasteiger partial charge on any atom is -0.352 e. The lowest BCUT2D eigenvalue weighted by Gasteiger charge is -2.04. The van der Waals surface area contributed by atoms with Gasteiger partial charge in [0.2, 0.25) is 0 Å². The topological polar surface area (TPSA) is 127 Å². The first-order valence-corrected chi connectivity index (χ1v) is 9.96. The normalized spacial score (nSPS) is 11.2. The highest BCUT2D eigenvalue weighted by Crippen LogP contribution is 2.23. The molecule has 10 nitrogen and oxygen atoms in total. The minimum atomic E-state index is -0.215. The van der Waals surface area contributed by atoms with Gasteiger partial charge in [-0.15, -0.1) is 5.11 Å². The van der Waals surface area contributed by atoms with E-state index in [4.69, 9.17) is 0 Å². The van der Waals surface area contributed by atoms with E-state index < -0.39 is 0 Å². The van der Waals surface area contributed by atoms with Crippen LogP contribution < -0.4 is 5.32 Å². The van der Waals surface area contributed by atoms with Crippen molar-refractivity contribution in [1.29, 1.82) is 0 Å². The van der Waals surface area contributed by atoms with E-state index >= 15 is 0 Å². The number of rotatable bonds is 8. The number of aromatic nitrogens is 5. The van der Waals surface area contributed by atoms with E-state index in [1.807, 2.05) is 30.3 Å². The van der Waals surface area contributed by atoms with E-state index in [9.17, 15) is 9.59 Å². The number of benzene rings is 1. The number of amides is 1. The van der Waals surface area contributed by atoms with Crippen molar-refractivity contribution < 1.29 is 9.59 Å². The number of carbonyl (C=O) groups excluding carboxylic acids is 2. The average Bonchev–Trinajstić information content (AvgIpc) is 3.25. The van der Waals surface area contributed by atoms with Gasteiger partial charge in [-0.1, -0.05) is 18.2 Å². The largest absolute Gasteiger partial charge is 0.352 e. The summed E-state index contributed by atoms with van der Waals surface area (Å²) in [4.78, 5) is 35.8. The molecule has 0 atom stereocenters. The summed E-state index contributed by atoms with van der Waals surface area (Å²) in [6.45, 7) is 2.15. The van der Waals surface area contributed by atoms with E-state index in [1.165, 1.54) is 13.3 Å². The van der Waals surface area contributed by atoms with Crippen LogP contribution >= 0.6 is 0 Å². The van der Waals surface area contributed by atoms with Gasteiger partial charge in [-0.25, -0.2) is 15.0 Å². The first-order valence-electron chi connectivity index (χ1n) is 9.96. The van der Waals surface area contributed by atoms with Crippen molar-refractivity contribution in [3.63, 3.8) is 0 Å². The third kappa shape index (κ3) is 4.86. The lowest BCUT2D eigenvalue weighted by Crippen LogP contribution is -2.25. The summed E-state index contributed by atoms with van der Waals surface area (Å²) >= 11 is 0. The first-order chi connectivity index (χ1) is 15.6. The highest BCUT2D eigenvalue weighted by Gasteiger charge is 2.11. The van der Waals surface area contributed by atoms with Gasteiger partial charge in [0.25, 0.3) is 5.91 Å². The number of Topliss-reactive ketones (excluding diaryl/α,β-unsaturated/α-hetero) is 1. The molecule has 0 aliphatic heterocycles.